The van der Waals surface area contributed by atoms with Crippen LogP contribution in [0.3, 0.4) is 0 Å². The van der Waals surface area contributed by atoms with E-state index in [1.54, 1.807) is 0 Å². The number of rotatable bonds is 5. The first kappa shape index (κ1) is 15.8. The van der Waals surface area contributed by atoms with Crippen molar-refractivity contribution >= 4 is 5.95 Å². The van der Waals surface area contributed by atoms with Gasteiger partial charge in [0.1, 0.15) is 0 Å². The maximum Gasteiger partial charge on any atom is 0.433 e. The minimum atomic E-state index is -4.63. The topological polar surface area (TPSA) is 70.2 Å². The third-order valence-corrected chi connectivity index (χ3v) is 3.08. The van der Waals surface area contributed by atoms with Crippen molar-refractivity contribution < 1.29 is 17.9 Å². The minimum absolute atomic E-state index is 0.156. The highest BCUT2D eigenvalue weighted by atomic mass is 19.4. The molecule has 1 saturated heterocycles. The van der Waals surface area contributed by atoms with Gasteiger partial charge < -0.3 is 10.1 Å². The van der Waals surface area contributed by atoms with Gasteiger partial charge in [-0.25, -0.2) is 4.98 Å². The second kappa shape index (κ2) is 6.90. The molecule has 0 amide bonds. The van der Waals surface area contributed by atoms with E-state index in [4.69, 9.17) is 4.74 Å². The van der Waals surface area contributed by atoms with Crippen LogP contribution in [-0.2, 0) is 10.9 Å². The van der Waals surface area contributed by atoms with Crippen molar-refractivity contribution in [3.8, 4) is 0 Å². The lowest BCUT2D eigenvalue weighted by molar-refractivity contribution is -0.141. The quantitative estimate of drug-likeness (QED) is 0.792. The van der Waals surface area contributed by atoms with Gasteiger partial charge >= 0.3 is 6.18 Å². The van der Waals surface area contributed by atoms with Crippen LogP contribution in [0.2, 0.25) is 0 Å². The van der Waals surface area contributed by atoms with Gasteiger partial charge in [0.15, 0.2) is 5.69 Å². The molecule has 0 atom stereocenters. The predicted octanol–water partition coefficient (Wildman–Crippen LogP) is 0.923. The molecule has 0 radical (unpaired) electrons. The van der Waals surface area contributed by atoms with E-state index in [9.17, 15) is 18.0 Å². The maximum atomic E-state index is 12.5. The lowest BCUT2D eigenvalue weighted by atomic mass is 10.3. The molecular weight excluding hydrogens is 289 g/mol. The Bertz CT molecular complexity index is 512. The third-order valence-electron chi connectivity index (χ3n) is 3.08. The monoisotopic (exact) mass is 306 g/mol. The average molecular weight is 306 g/mol. The van der Waals surface area contributed by atoms with E-state index in [0.717, 1.165) is 26.1 Å². The summed E-state index contributed by atoms with van der Waals surface area (Å²) in [7, 11) is 0. The first-order valence-electron chi connectivity index (χ1n) is 6.68. The number of halogens is 3. The van der Waals surface area contributed by atoms with Gasteiger partial charge in [0, 0.05) is 25.7 Å². The Labute approximate surface area is 119 Å². The smallest absolute Gasteiger partial charge is 0.379 e. The van der Waals surface area contributed by atoms with E-state index < -0.39 is 17.4 Å². The van der Waals surface area contributed by atoms with Gasteiger partial charge in [-0.05, 0) is 13.0 Å². The van der Waals surface area contributed by atoms with Crippen molar-refractivity contribution in [2.24, 2.45) is 0 Å². The van der Waals surface area contributed by atoms with Gasteiger partial charge in [0.05, 0.1) is 13.2 Å². The van der Waals surface area contributed by atoms with Crippen molar-refractivity contribution in [3.63, 3.8) is 0 Å². The maximum absolute atomic E-state index is 12.5. The van der Waals surface area contributed by atoms with Crippen LogP contribution in [0.15, 0.2) is 10.9 Å². The normalized spacial score (nSPS) is 16.9. The summed E-state index contributed by atoms with van der Waals surface area (Å²) in [6, 6.07) is 0.443. The number of nitrogens with one attached hydrogen (secondary N) is 2. The summed E-state index contributed by atoms with van der Waals surface area (Å²) < 4.78 is 42.8. The molecule has 1 aliphatic rings. The number of nitrogens with zero attached hydrogens (tertiary/aromatic N) is 2. The van der Waals surface area contributed by atoms with E-state index in [0.29, 0.717) is 25.8 Å². The highest BCUT2D eigenvalue weighted by Crippen LogP contribution is 2.26. The fraction of sp³-hybridized carbons (Fsp3) is 0.667. The molecule has 21 heavy (non-hydrogen) atoms. The molecule has 1 aliphatic heterocycles. The van der Waals surface area contributed by atoms with Crippen LogP contribution in [0.4, 0.5) is 19.1 Å². The molecule has 118 valence electrons. The number of aromatic amines is 1. The zero-order chi connectivity index (χ0) is 15.3. The van der Waals surface area contributed by atoms with Crippen LogP contribution < -0.4 is 10.9 Å². The van der Waals surface area contributed by atoms with E-state index in [1.807, 2.05) is 0 Å². The fourth-order valence-electron chi connectivity index (χ4n) is 2.02. The predicted molar refractivity (Wildman–Crippen MR) is 70.2 cm³/mol. The van der Waals surface area contributed by atoms with Gasteiger partial charge in [0.2, 0.25) is 5.95 Å². The lowest BCUT2D eigenvalue weighted by Crippen LogP contribution is -2.37. The number of aromatic nitrogens is 2. The summed E-state index contributed by atoms with van der Waals surface area (Å²) in [6.07, 6.45) is -3.89. The number of ether oxygens (including phenoxy) is 1. The van der Waals surface area contributed by atoms with Gasteiger partial charge in [-0.2, -0.15) is 13.2 Å². The SMILES string of the molecule is O=c1cc(C(F)(F)F)nc(NCCCN2CCOCC2)[nH]1. The highest BCUT2D eigenvalue weighted by Gasteiger charge is 2.33. The van der Waals surface area contributed by atoms with Crippen LogP contribution in [-0.4, -0.2) is 54.3 Å². The van der Waals surface area contributed by atoms with E-state index >= 15 is 0 Å². The van der Waals surface area contributed by atoms with Crippen molar-refractivity contribution in [2.75, 3.05) is 44.7 Å². The first-order chi connectivity index (χ1) is 9.95. The van der Waals surface area contributed by atoms with Gasteiger partial charge in [-0.3, -0.25) is 14.7 Å². The zero-order valence-corrected chi connectivity index (χ0v) is 11.4. The third kappa shape index (κ3) is 5.01. The summed E-state index contributed by atoms with van der Waals surface area (Å²) in [5.41, 5.74) is -2.02. The largest absolute Gasteiger partial charge is 0.433 e. The Morgan fingerprint density at radius 2 is 2.10 bits per heavy atom. The Balaban J connectivity index is 1.82. The summed E-state index contributed by atoms with van der Waals surface area (Å²) in [5, 5.41) is 2.71. The molecule has 0 unspecified atom stereocenters. The summed E-state index contributed by atoms with van der Waals surface area (Å²) in [5.74, 6) is -0.156. The molecule has 0 spiro atoms. The molecule has 2 N–H and O–H groups in total. The molecular formula is C12H17F3N4O2. The molecule has 1 fully saturated rings. The Kier molecular flexibility index (Phi) is 5.18. The van der Waals surface area contributed by atoms with Crippen LogP contribution in [0, 0.1) is 0 Å². The first-order valence-corrected chi connectivity index (χ1v) is 6.68. The van der Waals surface area contributed by atoms with Crippen molar-refractivity contribution in [1.29, 1.82) is 0 Å². The molecule has 0 aliphatic carbocycles. The Morgan fingerprint density at radius 3 is 2.76 bits per heavy atom. The van der Waals surface area contributed by atoms with Crippen molar-refractivity contribution in [3.05, 3.63) is 22.1 Å². The van der Waals surface area contributed by atoms with Crippen LogP contribution in [0.25, 0.3) is 0 Å². The van der Waals surface area contributed by atoms with E-state index in [-0.39, 0.29) is 5.95 Å². The molecule has 9 heteroatoms. The van der Waals surface area contributed by atoms with E-state index in [2.05, 4.69) is 20.2 Å². The lowest BCUT2D eigenvalue weighted by Gasteiger charge is -2.26. The van der Waals surface area contributed by atoms with Gasteiger partial charge in [0.25, 0.3) is 5.56 Å². The molecule has 6 nitrogen and oxygen atoms in total. The highest BCUT2D eigenvalue weighted by molar-refractivity contribution is 5.25. The molecule has 1 aromatic rings. The Morgan fingerprint density at radius 1 is 1.38 bits per heavy atom. The molecule has 2 heterocycles. The number of morpholine rings is 1. The second-order valence-electron chi connectivity index (χ2n) is 4.71. The van der Waals surface area contributed by atoms with Crippen LogP contribution >= 0.6 is 0 Å². The molecule has 0 bridgehead atoms. The second-order valence-corrected chi connectivity index (χ2v) is 4.71. The van der Waals surface area contributed by atoms with Gasteiger partial charge in [-0.1, -0.05) is 0 Å². The average Bonchev–Trinajstić information content (AvgIpc) is 2.43. The van der Waals surface area contributed by atoms with Gasteiger partial charge in [-0.15, -0.1) is 0 Å². The zero-order valence-electron chi connectivity index (χ0n) is 11.4. The summed E-state index contributed by atoms with van der Waals surface area (Å²) in [6.45, 7) is 4.38. The number of alkyl halides is 3. The fourth-order valence-corrected chi connectivity index (χ4v) is 2.02. The Hall–Kier alpha value is -1.61. The summed E-state index contributed by atoms with van der Waals surface area (Å²) in [4.78, 5) is 19.0. The van der Waals surface area contributed by atoms with Crippen molar-refractivity contribution in [1.82, 2.24) is 14.9 Å². The molecule has 0 saturated carbocycles. The minimum Gasteiger partial charge on any atom is -0.379 e. The number of H-pyrrole nitrogens is 1. The van der Waals surface area contributed by atoms with Crippen LogP contribution in [0.5, 0.6) is 0 Å². The number of anilines is 1. The molecule has 0 aromatic carbocycles. The molecule has 1 aromatic heterocycles. The standard InChI is InChI=1S/C12H17F3N4O2/c13-12(14,15)9-8-10(20)18-11(17-9)16-2-1-3-19-4-6-21-7-5-19/h8H,1-7H2,(H2,16,17,18,20). The van der Waals surface area contributed by atoms with Crippen LogP contribution in [0.1, 0.15) is 12.1 Å². The number of hydrogen-bond acceptors (Lipinski definition) is 5. The van der Waals surface area contributed by atoms with Crippen molar-refractivity contribution in [2.45, 2.75) is 12.6 Å². The molecule has 2 rings (SSSR count). The summed E-state index contributed by atoms with van der Waals surface area (Å²) >= 11 is 0. The van der Waals surface area contributed by atoms with E-state index in [1.165, 1.54) is 0 Å². The number of hydrogen-bond donors (Lipinski definition) is 2.